The van der Waals surface area contributed by atoms with Gasteiger partial charge in [-0.2, -0.15) is 0 Å². The molecule has 6 heteroatoms. The molecule has 1 heterocycles. The van der Waals surface area contributed by atoms with Crippen molar-refractivity contribution in [2.75, 3.05) is 0 Å². The summed E-state index contributed by atoms with van der Waals surface area (Å²) >= 11 is -0.524. The minimum absolute atomic E-state index is 0.524. The van der Waals surface area contributed by atoms with Crippen LogP contribution in [0.3, 0.4) is 0 Å². The normalized spacial score (nSPS) is 13.3. The number of carboxylic acids is 2. The molecule has 0 bridgehead atoms. The molecular formula is C8H9O5Sb. The fraction of sp³-hybridized carbons (Fsp3) is 0. The molecule has 0 spiro atoms. The van der Waals surface area contributed by atoms with Gasteiger partial charge < -0.3 is 10.2 Å². The average molecular weight is 307 g/mol. The third-order valence-electron chi connectivity index (χ3n) is 0.950. The quantitative estimate of drug-likeness (QED) is 0.495. The van der Waals surface area contributed by atoms with Crippen molar-refractivity contribution >= 4 is 33.6 Å². The van der Waals surface area contributed by atoms with Crippen LogP contribution in [-0.2, 0) is 9.59 Å². The van der Waals surface area contributed by atoms with Gasteiger partial charge in [-0.05, 0) is 0 Å². The Hall–Kier alpha value is -1.22. The number of aliphatic hydroxyl groups excluding tert-OH is 1. The first-order valence-electron chi connectivity index (χ1n) is 3.48. The van der Waals surface area contributed by atoms with Crippen LogP contribution >= 0.6 is 0 Å². The summed E-state index contributed by atoms with van der Waals surface area (Å²) in [6.45, 7) is 0. The Balaban J connectivity index is 0.000000249. The zero-order valence-corrected chi connectivity index (χ0v) is 9.90. The van der Waals surface area contributed by atoms with Gasteiger partial charge in [0.05, 0.1) is 0 Å². The van der Waals surface area contributed by atoms with E-state index in [1.165, 1.54) is 0 Å². The summed E-state index contributed by atoms with van der Waals surface area (Å²) in [6, 6.07) is 0. The van der Waals surface area contributed by atoms with Gasteiger partial charge in [0.2, 0.25) is 0 Å². The second-order valence-corrected chi connectivity index (χ2v) is 5.30. The number of hydrogen-bond donors (Lipinski definition) is 3. The summed E-state index contributed by atoms with van der Waals surface area (Å²) in [5, 5.41) is 24.2. The fourth-order valence-corrected chi connectivity index (χ4v) is 2.05. The van der Waals surface area contributed by atoms with Crippen molar-refractivity contribution in [2.24, 2.45) is 0 Å². The Bertz CT molecular complexity index is 287. The van der Waals surface area contributed by atoms with Crippen LogP contribution < -0.4 is 0 Å². The summed E-state index contributed by atoms with van der Waals surface area (Å²) in [5.74, 6) is -2.51. The minimum atomic E-state index is -1.26. The van der Waals surface area contributed by atoms with Gasteiger partial charge in [-0.25, -0.2) is 9.59 Å². The summed E-state index contributed by atoms with van der Waals surface area (Å²) in [4.78, 5) is 19.1. The molecule has 0 aromatic rings. The SMILES string of the molecule is O=C(O)/C=C\C(=O)O.O[C]1=CC=[CH][SbH]1. The summed E-state index contributed by atoms with van der Waals surface area (Å²) in [6.07, 6.45) is 4.80. The molecule has 76 valence electrons. The topological polar surface area (TPSA) is 94.8 Å². The van der Waals surface area contributed by atoms with Crippen molar-refractivity contribution < 1.29 is 24.9 Å². The van der Waals surface area contributed by atoms with Crippen molar-refractivity contribution in [3.63, 3.8) is 0 Å². The number of hydrogen-bond acceptors (Lipinski definition) is 3. The van der Waals surface area contributed by atoms with Gasteiger partial charge in [-0.3, -0.25) is 0 Å². The molecule has 0 saturated heterocycles. The van der Waals surface area contributed by atoms with Gasteiger partial charge in [0, 0.05) is 12.2 Å². The second-order valence-electron chi connectivity index (χ2n) is 2.07. The molecule has 0 atom stereocenters. The molecule has 0 aromatic heterocycles. The first kappa shape index (κ1) is 12.8. The zero-order chi connectivity index (χ0) is 11.0. The van der Waals surface area contributed by atoms with Crippen LogP contribution in [-0.4, -0.2) is 48.9 Å². The average Bonchev–Trinajstić information content (AvgIpc) is 2.53. The molecule has 0 aromatic carbocycles. The van der Waals surface area contributed by atoms with Gasteiger partial charge in [0.25, 0.3) is 0 Å². The third-order valence-corrected chi connectivity index (χ3v) is 3.29. The molecule has 0 radical (unpaired) electrons. The van der Waals surface area contributed by atoms with Crippen LogP contribution in [0.2, 0.25) is 0 Å². The van der Waals surface area contributed by atoms with Crippen molar-refractivity contribution in [3.05, 3.63) is 32.0 Å². The second kappa shape index (κ2) is 7.21. The van der Waals surface area contributed by atoms with E-state index >= 15 is 0 Å². The molecule has 0 amide bonds. The van der Waals surface area contributed by atoms with E-state index in [2.05, 4.69) is 4.02 Å². The van der Waals surface area contributed by atoms with Crippen molar-refractivity contribution in [2.45, 2.75) is 0 Å². The first-order chi connectivity index (χ1) is 6.52. The molecule has 0 unspecified atom stereocenters. The van der Waals surface area contributed by atoms with Gasteiger partial charge >= 0.3 is 58.5 Å². The number of allylic oxidation sites excluding steroid dienone is 2. The van der Waals surface area contributed by atoms with Gasteiger partial charge in [-0.15, -0.1) is 0 Å². The van der Waals surface area contributed by atoms with Crippen molar-refractivity contribution in [3.8, 4) is 0 Å². The van der Waals surface area contributed by atoms with Crippen molar-refractivity contribution in [1.29, 1.82) is 0 Å². The van der Waals surface area contributed by atoms with Crippen LogP contribution in [0.4, 0.5) is 0 Å². The summed E-state index contributed by atoms with van der Waals surface area (Å²) in [5.41, 5.74) is 0. The predicted octanol–water partition coefficient (Wildman–Crippen LogP) is 0.0614. The maximum atomic E-state index is 9.55. The van der Waals surface area contributed by atoms with E-state index in [0.717, 1.165) is 0 Å². The number of aliphatic hydroxyl groups is 1. The molecule has 5 nitrogen and oxygen atoms in total. The van der Waals surface area contributed by atoms with E-state index in [4.69, 9.17) is 15.3 Å². The summed E-state index contributed by atoms with van der Waals surface area (Å²) in [7, 11) is 0. The van der Waals surface area contributed by atoms with Crippen molar-refractivity contribution in [1.82, 2.24) is 0 Å². The number of carboxylic acid groups (broad SMARTS) is 2. The van der Waals surface area contributed by atoms with E-state index in [0.29, 0.717) is 15.9 Å². The molecule has 0 fully saturated rings. The number of carbonyl (C=O) groups is 2. The molecule has 0 saturated carbocycles. The zero-order valence-electron chi connectivity index (χ0n) is 7.04. The standard InChI is InChI=1S/C4H4O4.C4H4O.Sb.H/c5-3(6)1-2-4(7)8;1-2-3-4-5;;/h1-2H,(H,5,6)(H,7,8);1-3,5H;;/b2-1-;;;. The van der Waals surface area contributed by atoms with Gasteiger partial charge in [-0.1, -0.05) is 0 Å². The van der Waals surface area contributed by atoms with Crippen LogP contribution in [0.25, 0.3) is 0 Å². The van der Waals surface area contributed by atoms with E-state index in [-0.39, 0.29) is 0 Å². The van der Waals surface area contributed by atoms with Crippen LogP contribution in [0.5, 0.6) is 0 Å². The van der Waals surface area contributed by atoms with E-state index in [9.17, 15) is 9.59 Å². The van der Waals surface area contributed by atoms with E-state index in [1.807, 2.05) is 6.08 Å². The third kappa shape index (κ3) is 8.87. The van der Waals surface area contributed by atoms with Gasteiger partial charge in [0.1, 0.15) is 0 Å². The molecule has 1 aliphatic heterocycles. The van der Waals surface area contributed by atoms with Gasteiger partial charge in [0.15, 0.2) is 0 Å². The Kier molecular flexibility index (Phi) is 6.58. The number of rotatable bonds is 2. The molecule has 3 N–H and O–H groups in total. The Morgan fingerprint density at radius 2 is 1.71 bits per heavy atom. The first-order valence-corrected chi connectivity index (χ1v) is 6.56. The monoisotopic (exact) mass is 306 g/mol. The predicted molar refractivity (Wildman–Crippen MR) is 51.4 cm³/mol. The summed E-state index contributed by atoms with van der Waals surface area (Å²) < 4.78 is 2.72. The molecule has 14 heavy (non-hydrogen) atoms. The fourth-order valence-electron chi connectivity index (χ4n) is 0.463. The van der Waals surface area contributed by atoms with Crippen LogP contribution in [0.15, 0.2) is 32.0 Å². The van der Waals surface area contributed by atoms with E-state index < -0.39 is 33.6 Å². The Morgan fingerprint density at radius 3 is 1.86 bits per heavy atom. The maximum absolute atomic E-state index is 9.55. The van der Waals surface area contributed by atoms with E-state index in [1.54, 1.807) is 6.08 Å². The Morgan fingerprint density at radius 1 is 1.21 bits per heavy atom. The number of aliphatic carboxylic acids is 2. The Labute approximate surface area is 90.6 Å². The van der Waals surface area contributed by atoms with Crippen LogP contribution in [0, 0.1) is 0 Å². The molecule has 0 aliphatic carbocycles. The van der Waals surface area contributed by atoms with Crippen LogP contribution in [0.1, 0.15) is 0 Å². The molecule has 1 aliphatic rings. The molecule has 1 rings (SSSR count). The molecular weight excluding hydrogens is 298 g/mol.